The quantitative estimate of drug-likeness (QED) is 0.729. The Morgan fingerprint density at radius 1 is 0.880 bits per heavy atom. The van der Waals surface area contributed by atoms with E-state index in [9.17, 15) is 4.57 Å². The molecule has 25 heavy (non-hydrogen) atoms. The lowest BCUT2D eigenvalue weighted by Crippen LogP contribution is -2.37. The number of nitrogens with zero attached hydrogens (tertiary/aromatic N) is 3. The number of hydrogen-bond donors (Lipinski definition) is 0. The first-order valence-corrected chi connectivity index (χ1v) is 11.2. The van der Waals surface area contributed by atoms with Crippen molar-refractivity contribution in [2.45, 2.75) is 38.1 Å². The average molecular weight is 355 g/mol. The Morgan fingerprint density at radius 3 is 2.56 bits per heavy atom. The molecule has 0 saturated carbocycles. The molecule has 2 aromatic rings. The Kier molecular flexibility index (Phi) is 3.89. The summed E-state index contributed by atoms with van der Waals surface area (Å²) in [5, 5.41) is 2.46. The summed E-state index contributed by atoms with van der Waals surface area (Å²) in [5.74, 6) is 0. The molecule has 0 amide bonds. The second-order valence-electron chi connectivity index (χ2n) is 7.57. The summed E-state index contributed by atoms with van der Waals surface area (Å²) in [6.45, 7) is 3.84. The monoisotopic (exact) mass is 355 g/mol. The largest absolute Gasteiger partial charge is 0.311 e. The third kappa shape index (κ3) is 2.38. The molecule has 132 valence electrons. The van der Waals surface area contributed by atoms with E-state index in [1.807, 2.05) is 0 Å². The van der Waals surface area contributed by atoms with Gasteiger partial charge in [0.1, 0.15) is 0 Å². The highest BCUT2D eigenvalue weighted by Gasteiger charge is 2.54. The molecule has 3 saturated heterocycles. The minimum absolute atomic E-state index is 0.451. The molecule has 5 rings (SSSR count). The Morgan fingerprint density at radius 2 is 1.68 bits per heavy atom. The van der Waals surface area contributed by atoms with Crippen molar-refractivity contribution < 1.29 is 4.57 Å². The summed E-state index contributed by atoms with van der Waals surface area (Å²) in [6, 6.07) is 15.4. The third-order valence-corrected chi connectivity index (χ3v) is 9.47. The number of hydrogen-bond acceptors (Lipinski definition) is 1. The Balaban J connectivity index is 1.64. The molecule has 4 nitrogen and oxygen atoms in total. The number of benzene rings is 2. The molecule has 0 bridgehead atoms. The SMILES string of the molecule is O=[P@]1(N2CCCCC2)N(c2cccc3ccccc23)C[C@@H]2CCCN21. The lowest BCUT2D eigenvalue weighted by molar-refractivity contribution is 0.309. The topological polar surface area (TPSA) is 26.8 Å². The zero-order valence-corrected chi connectivity index (χ0v) is 15.6. The van der Waals surface area contributed by atoms with Gasteiger partial charge >= 0.3 is 7.59 Å². The number of anilines is 1. The van der Waals surface area contributed by atoms with E-state index in [-0.39, 0.29) is 0 Å². The minimum atomic E-state index is -2.69. The van der Waals surface area contributed by atoms with Crippen LogP contribution >= 0.6 is 7.59 Å². The third-order valence-electron chi connectivity index (χ3n) is 6.12. The highest BCUT2D eigenvalue weighted by atomic mass is 31.2. The smallest absolute Gasteiger partial charge is 0.297 e. The van der Waals surface area contributed by atoms with Gasteiger partial charge in [0.05, 0.1) is 5.69 Å². The first-order chi connectivity index (χ1) is 12.3. The zero-order valence-electron chi connectivity index (χ0n) is 14.7. The van der Waals surface area contributed by atoms with Crippen LogP contribution in [0.3, 0.4) is 0 Å². The zero-order chi connectivity index (χ0) is 16.9. The fourth-order valence-electron chi connectivity index (χ4n) is 4.92. The van der Waals surface area contributed by atoms with Crippen molar-refractivity contribution in [3.8, 4) is 0 Å². The number of rotatable bonds is 2. The molecule has 0 aliphatic carbocycles. The second kappa shape index (κ2) is 6.12. The number of piperidine rings is 1. The standard InChI is InChI=1S/C20H26N3OP/c24-25(21-13-4-1-5-14-21)22-15-7-10-18(22)16-23(25)20-12-6-9-17-8-2-3-11-19(17)20/h2-3,6,8-9,11-12,18H,1,4-5,7,10,13-16H2/t18-,25-/m0/s1. The average Bonchev–Trinajstić information content (AvgIpc) is 3.24. The second-order valence-corrected chi connectivity index (χ2v) is 10.2. The lowest BCUT2D eigenvalue weighted by Gasteiger charge is -2.41. The maximum atomic E-state index is 14.5. The van der Waals surface area contributed by atoms with Crippen molar-refractivity contribution in [1.29, 1.82) is 0 Å². The van der Waals surface area contributed by atoms with Gasteiger partial charge in [0.25, 0.3) is 0 Å². The van der Waals surface area contributed by atoms with Crippen LogP contribution in [-0.2, 0) is 4.57 Å². The molecule has 5 heteroatoms. The Bertz CT molecular complexity index is 827. The van der Waals surface area contributed by atoms with Crippen LogP contribution in [0.1, 0.15) is 32.1 Å². The van der Waals surface area contributed by atoms with E-state index in [2.05, 4.69) is 56.5 Å². The van der Waals surface area contributed by atoms with Crippen LogP contribution in [0.15, 0.2) is 42.5 Å². The summed E-state index contributed by atoms with van der Waals surface area (Å²) in [7, 11) is -2.69. The highest BCUT2D eigenvalue weighted by Crippen LogP contribution is 2.65. The van der Waals surface area contributed by atoms with Gasteiger partial charge in [-0.05, 0) is 37.1 Å². The van der Waals surface area contributed by atoms with Crippen LogP contribution in [0.4, 0.5) is 5.69 Å². The minimum Gasteiger partial charge on any atom is -0.297 e. The molecule has 2 aromatic carbocycles. The fraction of sp³-hybridized carbons (Fsp3) is 0.500. The van der Waals surface area contributed by atoms with Gasteiger partial charge < -0.3 is 0 Å². The molecule has 2 atom stereocenters. The van der Waals surface area contributed by atoms with Gasteiger partial charge in [-0.15, -0.1) is 0 Å². The van der Waals surface area contributed by atoms with E-state index in [4.69, 9.17) is 0 Å². The molecular weight excluding hydrogens is 329 g/mol. The van der Waals surface area contributed by atoms with Crippen molar-refractivity contribution in [2.24, 2.45) is 0 Å². The van der Waals surface area contributed by atoms with Gasteiger partial charge in [-0.1, -0.05) is 42.8 Å². The van der Waals surface area contributed by atoms with Gasteiger partial charge in [-0.2, -0.15) is 0 Å². The molecule has 0 radical (unpaired) electrons. The van der Waals surface area contributed by atoms with Crippen molar-refractivity contribution in [3.63, 3.8) is 0 Å². The molecule has 3 heterocycles. The van der Waals surface area contributed by atoms with Crippen LogP contribution in [-0.4, -0.2) is 41.6 Å². The highest BCUT2D eigenvalue weighted by molar-refractivity contribution is 7.61. The first-order valence-electron chi connectivity index (χ1n) is 9.67. The summed E-state index contributed by atoms with van der Waals surface area (Å²) < 4.78 is 21.5. The van der Waals surface area contributed by atoms with Crippen LogP contribution in [0.2, 0.25) is 0 Å². The van der Waals surface area contributed by atoms with E-state index >= 15 is 0 Å². The molecular formula is C20H26N3OP. The van der Waals surface area contributed by atoms with Crippen molar-refractivity contribution in [3.05, 3.63) is 42.5 Å². The number of fused-ring (bicyclic) bond motifs is 2. The van der Waals surface area contributed by atoms with E-state index < -0.39 is 7.59 Å². The first kappa shape index (κ1) is 15.9. The van der Waals surface area contributed by atoms with E-state index in [0.717, 1.165) is 31.9 Å². The van der Waals surface area contributed by atoms with Gasteiger partial charge in [-0.25, -0.2) is 9.34 Å². The molecule has 0 spiro atoms. The Hall–Kier alpha value is -1.35. The molecule has 3 fully saturated rings. The maximum Gasteiger partial charge on any atom is 0.311 e. The van der Waals surface area contributed by atoms with Crippen LogP contribution < -0.4 is 4.67 Å². The molecule has 3 aliphatic heterocycles. The maximum absolute atomic E-state index is 14.5. The molecule has 3 aliphatic rings. The summed E-state index contributed by atoms with van der Waals surface area (Å²) in [4.78, 5) is 0. The van der Waals surface area contributed by atoms with Crippen molar-refractivity contribution in [1.82, 2.24) is 9.34 Å². The van der Waals surface area contributed by atoms with E-state index in [1.54, 1.807) is 0 Å². The predicted molar refractivity (Wildman–Crippen MR) is 104 cm³/mol. The Labute approximate surface area is 149 Å². The lowest BCUT2D eigenvalue weighted by atomic mass is 10.1. The van der Waals surface area contributed by atoms with Gasteiger partial charge in [0, 0.05) is 37.6 Å². The normalized spacial score (nSPS) is 30.9. The van der Waals surface area contributed by atoms with Crippen molar-refractivity contribution >= 4 is 24.1 Å². The van der Waals surface area contributed by atoms with Crippen molar-refractivity contribution in [2.75, 3.05) is 30.8 Å². The predicted octanol–water partition coefficient (Wildman–Crippen LogP) is 4.72. The van der Waals surface area contributed by atoms with Gasteiger partial charge in [0.2, 0.25) is 0 Å². The van der Waals surface area contributed by atoms with Crippen LogP contribution in [0.25, 0.3) is 10.8 Å². The van der Waals surface area contributed by atoms with E-state index in [1.165, 1.54) is 42.9 Å². The summed E-state index contributed by atoms with van der Waals surface area (Å²) in [5.41, 5.74) is 1.15. The molecule has 0 N–H and O–H groups in total. The van der Waals surface area contributed by atoms with Crippen LogP contribution in [0, 0.1) is 0 Å². The van der Waals surface area contributed by atoms with Gasteiger partial charge in [-0.3, -0.25) is 9.24 Å². The summed E-state index contributed by atoms with van der Waals surface area (Å²) >= 11 is 0. The van der Waals surface area contributed by atoms with E-state index in [0.29, 0.717) is 6.04 Å². The van der Waals surface area contributed by atoms with Gasteiger partial charge in [0.15, 0.2) is 0 Å². The summed E-state index contributed by atoms with van der Waals surface area (Å²) in [6.07, 6.45) is 5.98. The fourth-order valence-corrected chi connectivity index (χ4v) is 8.50. The molecule has 0 unspecified atom stereocenters. The molecule has 0 aromatic heterocycles. The van der Waals surface area contributed by atoms with Crippen LogP contribution in [0.5, 0.6) is 0 Å².